The summed E-state index contributed by atoms with van der Waals surface area (Å²) in [5.41, 5.74) is 0.635. The second-order valence-electron chi connectivity index (χ2n) is 4.40. The molecule has 0 radical (unpaired) electrons. The van der Waals surface area contributed by atoms with Crippen LogP contribution in [0.5, 0.6) is 5.75 Å². The van der Waals surface area contributed by atoms with E-state index in [0.29, 0.717) is 24.5 Å². The van der Waals surface area contributed by atoms with Crippen LogP contribution in [0.25, 0.3) is 0 Å². The Bertz CT molecular complexity index is 451. The number of aliphatic hydroxyl groups is 1. The minimum Gasteiger partial charge on any atom is -0.481 e. The molecule has 6 heteroatoms. The van der Waals surface area contributed by atoms with Crippen LogP contribution in [0.2, 0.25) is 0 Å². The summed E-state index contributed by atoms with van der Waals surface area (Å²) in [4.78, 5) is 11.8. The molecule has 0 fully saturated rings. The number of rotatable bonds is 7. The van der Waals surface area contributed by atoms with Crippen molar-refractivity contribution in [1.82, 2.24) is 5.32 Å². The smallest absolute Gasteiger partial charge is 0.260 e. The normalized spacial score (nSPS) is 13.7. The van der Waals surface area contributed by atoms with Crippen molar-refractivity contribution in [2.24, 2.45) is 0 Å². The fourth-order valence-electron chi connectivity index (χ4n) is 1.62. The van der Waals surface area contributed by atoms with Crippen molar-refractivity contribution in [3.05, 3.63) is 28.2 Å². The Morgan fingerprint density at radius 2 is 2.15 bits per heavy atom. The van der Waals surface area contributed by atoms with Gasteiger partial charge < -0.3 is 19.9 Å². The summed E-state index contributed by atoms with van der Waals surface area (Å²) in [5.74, 6) is 0.277. The number of carbonyl (C=O) groups is 1. The SMILES string of the molecule is COCCNC(=O)C(C)Oc1ccc(Br)cc1C(C)O. The van der Waals surface area contributed by atoms with Crippen molar-refractivity contribution in [3.63, 3.8) is 0 Å². The number of ether oxygens (including phenoxy) is 2. The Labute approximate surface area is 127 Å². The van der Waals surface area contributed by atoms with Crippen LogP contribution in [-0.2, 0) is 9.53 Å². The maximum Gasteiger partial charge on any atom is 0.260 e. The van der Waals surface area contributed by atoms with Crippen LogP contribution in [0.4, 0.5) is 0 Å². The van der Waals surface area contributed by atoms with Crippen LogP contribution in [0.1, 0.15) is 25.5 Å². The number of carbonyl (C=O) groups excluding carboxylic acids is 1. The molecule has 0 aliphatic carbocycles. The second-order valence-corrected chi connectivity index (χ2v) is 5.32. The van der Waals surface area contributed by atoms with E-state index in [2.05, 4.69) is 21.2 Å². The maximum absolute atomic E-state index is 11.8. The number of halogens is 1. The van der Waals surface area contributed by atoms with Crippen LogP contribution in [0.3, 0.4) is 0 Å². The van der Waals surface area contributed by atoms with Crippen LogP contribution in [0.15, 0.2) is 22.7 Å². The molecule has 20 heavy (non-hydrogen) atoms. The van der Waals surface area contributed by atoms with Crippen molar-refractivity contribution < 1.29 is 19.4 Å². The molecule has 1 amide bonds. The molecule has 2 atom stereocenters. The van der Waals surface area contributed by atoms with E-state index >= 15 is 0 Å². The highest BCUT2D eigenvalue weighted by molar-refractivity contribution is 9.10. The number of hydrogen-bond acceptors (Lipinski definition) is 4. The molecule has 0 heterocycles. The predicted molar refractivity (Wildman–Crippen MR) is 79.8 cm³/mol. The average molecular weight is 346 g/mol. The average Bonchev–Trinajstić information content (AvgIpc) is 2.40. The molecule has 0 saturated heterocycles. The summed E-state index contributed by atoms with van der Waals surface area (Å²) >= 11 is 3.34. The van der Waals surface area contributed by atoms with E-state index in [1.807, 2.05) is 0 Å². The van der Waals surface area contributed by atoms with Gasteiger partial charge in [-0.1, -0.05) is 15.9 Å². The van der Waals surface area contributed by atoms with Gasteiger partial charge in [0.25, 0.3) is 5.91 Å². The monoisotopic (exact) mass is 345 g/mol. The molecule has 1 aromatic rings. The van der Waals surface area contributed by atoms with Crippen LogP contribution in [-0.4, -0.2) is 37.4 Å². The zero-order chi connectivity index (χ0) is 15.1. The number of nitrogens with one attached hydrogen (secondary N) is 1. The highest BCUT2D eigenvalue weighted by Crippen LogP contribution is 2.29. The van der Waals surface area contributed by atoms with Gasteiger partial charge in [-0.05, 0) is 32.0 Å². The highest BCUT2D eigenvalue weighted by Gasteiger charge is 2.17. The summed E-state index contributed by atoms with van der Waals surface area (Å²) < 4.78 is 11.3. The number of amides is 1. The summed E-state index contributed by atoms with van der Waals surface area (Å²) in [6, 6.07) is 5.30. The summed E-state index contributed by atoms with van der Waals surface area (Å²) in [5, 5.41) is 12.4. The van der Waals surface area contributed by atoms with E-state index in [4.69, 9.17) is 9.47 Å². The van der Waals surface area contributed by atoms with Crippen molar-refractivity contribution in [1.29, 1.82) is 0 Å². The van der Waals surface area contributed by atoms with Gasteiger partial charge in [0.1, 0.15) is 5.75 Å². The Balaban J connectivity index is 2.70. The van der Waals surface area contributed by atoms with Gasteiger partial charge in [0.2, 0.25) is 0 Å². The molecule has 2 unspecified atom stereocenters. The fraction of sp³-hybridized carbons (Fsp3) is 0.500. The first-order valence-corrected chi connectivity index (χ1v) is 7.15. The Kier molecular flexibility index (Phi) is 6.98. The molecule has 0 bridgehead atoms. The zero-order valence-corrected chi connectivity index (χ0v) is 13.4. The van der Waals surface area contributed by atoms with Crippen LogP contribution in [0, 0.1) is 0 Å². The standard InChI is InChI=1S/C14H20BrNO4/c1-9(17)12-8-11(15)4-5-13(12)20-10(2)14(18)16-6-7-19-3/h4-5,8-10,17H,6-7H2,1-3H3,(H,16,18). The predicted octanol–water partition coefficient (Wildman–Crippen LogP) is 2.03. The van der Waals surface area contributed by atoms with Crippen molar-refractivity contribution in [2.45, 2.75) is 26.1 Å². The molecule has 112 valence electrons. The summed E-state index contributed by atoms with van der Waals surface area (Å²) in [6.45, 7) is 4.20. The Morgan fingerprint density at radius 1 is 1.45 bits per heavy atom. The van der Waals surface area contributed by atoms with Gasteiger partial charge in [-0.15, -0.1) is 0 Å². The van der Waals surface area contributed by atoms with E-state index in [0.717, 1.165) is 4.47 Å². The molecule has 0 aromatic heterocycles. The van der Waals surface area contributed by atoms with Gasteiger partial charge in [0.15, 0.2) is 6.10 Å². The molecule has 1 rings (SSSR count). The number of benzene rings is 1. The van der Waals surface area contributed by atoms with Crippen molar-refractivity contribution in [2.75, 3.05) is 20.3 Å². The van der Waals surface area contributed by atoms with Crippen molar-refractivity contribution in [3.8, 4) is 5.75 Å². The Morgan fingerprint density at radius 3 is 2.75 bits per heavy atom. The largest absolute Gasteiger partial charge is 0.481 e. The number of hydrogen-bond donors (Lipinski definition) is 2. The topological polar surface area (TPSA) is 67.8 Å². The Hall–Kier alpha value is -1.11. The van der Waals surface area contributed by atoms with Crippen molar-refractivity contribution >= 4 is 21.8 Å². The van der Waals surface area contributed by atoms with Crippen LogP contribution >= 0.6 is 15.9 Å². The molecule has 0 aliphatic rings. The quantitative estimate of drug-likeness (QED) is 0.742. The molecular formula is C14H20BrNO4. The molecule has 1 aromatic carbocycles. The lowest BCUT2D eigenvalue weighted by molar-refractivity contribution is -0.127. The first kappa shape index (κ1) is 16.9. The molecule has 0 aliphatic heterocycles. The van der Waals surface area contributed by atoms with E-state index in [1.54, 1.807) is 39.2 Å². The number of methoxy groups -OCH3 is 1. The van der Waals surface area contributed by atoms with Gasteiger partial charge in [-0.2, -0.15) is 0 Å². The number of aliphatic hydroxyl groups excluding tert-OH is 1. The highest BCUT2D eigenvalue weighted by atomic mass is 79.9. The lowest BCUT2D eigenvalue weighted by Crippen LogP contribution is -2.38. The van der Waals surface area contributed by atoms with E-state index in [1.165, 1.54) is 0 Å². The van der Waals surface area contributed by atoms with E-state index < -0.39 is 12.2 Å². The van der Waals surface area contributed by atoms with Gasteiger partial charge >= 0.3 is 0 Å². The first-order chi connectivity index (χ1) is 9.45. The summed E-state index contributed by atoms with van der Waals surface area (Å²) in [6.07, 6.45) is -1.32. The first-order valence-electron chi connectivity index (χ1n) is 6.36. The minimum atomic E-state index is -0.675. The van der Waals surface area contributed by atoms with Crippen LogP contribution < -0.4 is 10.1 Å². The lowest BCUT2D eigenvalue weighted by Gasteiger charge is -2.18. The second kappa shape index (κ2) is 8.24. The zero-order valence-electron chi connectivity index (χ0n) is 11.9. The third-order valence-electron chi connectivity index (χ3n) is 2.70. The lowest BCUT2D eigenvalue weighted by atomic mass is 10.1. The molecule has 0 spiro atoms. The van der Waals surface area contributed by atoms with Gasteiger partial charge in [-0.25, -0.2) is 0 Å². The molecular weight excluding hydrogens is 326 g/mol. The summed E-state index contributed by atoms with van der Waals surface area (Å²) in [7, 11) is 1.57. The molecule has 5 nitrogen and oxygen atoms in total. The van der Waals surface area contributed by atoms with Gasteiger partial charge in [-0.3, -0.25) is 4.79 Å². The fourth-order valence-corrected chi connectivity index (χ4v) is 2.00. The molecule has 2 N–H and O–H groups in total. The third-order valence-corrected chi connectivity index (χ3v) is 3.19. The molecule has 0 saturated carbocycles. The van der Waals surface area contributed by atoms with Gasteiger partial charge in [0.05, 0.1) is 12.7 Å². The van der Waals surface area contributed by atoms with E-state index in [9.17, 15) is 9.90 Å². The minimum absolute atomic E-state index is 0.221. The van der Waals surface area contributed by atoms with E-state index in [-0.39, 0.29) is 5.91 Å². The third kappa shape index (κ3) is 5.11. The maximum atomic E-state index is 11.8. The van der Waals surface area contributed by atoms with Gasteiger partial charge in [0, 0.05) is 23.7 Å².